The number of nitrogens with zero attached hydrogens (tertiary/aromatic N) is 1. The molecule has 22 heavy (non-hydrogen) atoms. The molecule has 0 unspecified atom stereocenters. The second kappa shape index (κ2) is 7.20. The minimum absolute atomic E-state index is 0.218. The number of rotatable bonds is 7. The lowest BCUT2D eigenvalue weighted by Gasteiger charge is -2.12. The first-order valence-electron chi connectivity index (χ1n) is 7.75. The zero-order valence-electron chi connectivity index (χ0n) is 13.1. The molecule has 1 aromatic carbocycles. The van der Waals surface area contributed by atoms with E-state index < -0.39 is 17.8 Å². The maximum atomic E-state index is 12.2. The zero-order chi connectivity index (χ0) is 16.1. The van der Waals surface area contributed by atoms with Crippen molar-refractivity contribution >= 4 is 17.8 Å². The topological polar surface area (TPSA) is 63.7 Å². The first kappa shape index (κ1) is 16.2. The lowest BCUT2D eigenvalue weighted by molar-refractivity contribution is -0.168. The summed E-state index contributed by atoms with van der Waals surface area (Å²) in [4.78, 5) is 41.1. The van der Waals surface area contributed by atoms with Crippen LogP contribution in [0.3, 0.4) is 0 Å². The molecule has 5 nitrogen and oxygen atoms in total. The van der Waals surface area contributed by atoms with Crippen molar-refractivity contribution < 1.29 is 19.2 Å². The highest BCUT2D eigenvalue weighted by atomic mass is 16.7. The number of aryl methyl sites for hydroxylation is 1. The third-order valence-corrected chi connectivity index (χ3v) is 3.76. The number of imide groups is 1. The van der Waals surface area contributed by atoms with E-state index in [0.717, 1.165) is 25.7 Å². The molecule has 1 aliphatic heterocycles. The number of fused-ring (bicyclic) bond motifs is 1. The lowest BCUT2D eigenvalue weighted by Crippen LogP contribution is -2.32. The van der Waals surface area contributed by atoms with Gasteiger partial charge < -0.3 is 4.84 Å². The molecule has 2 rings (SSSR count). The van der Waals surface area contributed by atoms with Crippen LogP contribution in [0, 0.1) is 6.92 Å². The molecule has 0 fully saturated rings. The monoisotopic (exact) mass is 303 g/mol. The molecular weight excluding hydrogens is 282 g/mol. The van der Waals surface area contributed by atoms with E-state index in [0.29, 0.717) is 28.2 Å². The average molecular weight is 303 g/mol. The number of carbonyl (C=O) groups is 3. The predicted molar refractivity (Wildman–Crippen MR) is 81.1 cm³/mol. The summed E-state index contributed by atoms with van der Waals surface area (Å²) in [6, 6.07) is 5.03. The van der Waals surface area contributed by atoms with Gasteiger partial charge in [0.05, 0.1) is 11.1 Å². The van der Waals surface area contributed by atoms with Gasteiger partial charge in [-0.2, -0.15) is 0 Å². The Balaban J connectivity index is 1.92. The van der Waals surface area contributed by atoms with Crippen LogP contribution in [0.2, 0.25) is 0 Å². The third-order valence-electron chi connectivity index (χ3n) is 3.76. The molecule has 0 aromatic heterocycles. The van der Waals surface area contributed by atoms with Crippen molar-refractivity contribution in [2.24, 2.45) is 0 Å². The second-order valence-electron chi connectivity index (χ2n) is 5.53. The van der Waals surface area contributed by atoms with Gasteiger partial charge in [-0.3, -0.25) is 9.59 Å². The SMILES string of the molecule is CCCCCCCC(=O)ON1C(=O)c2cccc(C)c2C1=O. The summed E-state index contributed by atoms with van der Waals surface area (Å²) in [5, 5.41) is 0.589. The van der Waals surface area contributed by atoms with Crippen molar-refractivity contribution in [1.82, 2.24) is 5.06 Å². The van der Waals surface area contributed by atoms with Crippen LogP contribution in [0.5, 0.6) is 0 Å². The predicted octanol–water partition coefficient (Wildman–Crippen LogP) is 3.41. The average Bonchev–Trinajstić information content (AvgIpc) is 2.73. The number of hydroxylamine groups is 2. The van der Waals surface area contributed by atoms with E-state index >= 15 is 0 Å². The van der Waals surface area contributed by atoms with Crippen LogP contribution in [0.15, 0.2) is 18.2 Å². The van der Waals surface area contributed by atoms with E-state index in [4.69, 9.17) is 4.84 Å². The Hall–Kier alpha value is -2.17. The van der Waals surface area contributed by atoms with Crippen molar-refractivity contribution in [3.63, 3.8) is 0 Å². The summed E-state index contributed by atoms with van der Waals surface area (Å²) in [6.07, 6.45) is 5.24. The Morgan fingerprint density at radius 2 is 1.82 bits per heavy atom. The van der Waals surface area contributed by atoms with E-state index in [1.807, 2.05) is 0 Å². The van der Waals surface area contributed by atoms with Gasteiger partial charge in [0.2, 0.25) is 0 Å². The molecule has 0 radical (unpaired) electrons. The van der Waals surface area contributed by atoms with Gasteiger partial charge >= 0.3 is 5.97 Å². The first-order chi connectivity index (χ1) is 10.6. The fraction of sp³-hybridized carbons (Fsp3) is 0.471. The molecule has 0 bridgehead atoms. The highest BCUT2D eigenvalue weighted by molar-refractivity contribution is 6.21. The van der Waals surface area contributed by atoms with Gasteiger partial charge in [0.15, 0.2) is 0 Å². The Bertz CT molecular complexity index is 594. The van der Waals surface area contributed by atoms with Gasteiger partial charge in [0.25, 0.3) is 11.8 Å². The summed E-state index contributed by atoms with van der Waals surface area (Å²) in [7, 11) is 0. The number of carbonyl (C=O) groups excluding carboxylic acids is 3. The van der Waals surface area contributed by atoms with Gasteiger partial charge in [-0.05, 0) is 25.0 Å². The van der Waals surface area contributed by atoms with Crippen molar-refractivity contribution in [3.05, 3.63) is 34.9 Å². The van der Waals surface area contributed by atoms with Crippen LogP contribution in [-0.4, -0.2) is 22.8 Å². The fourth-order valence-electron chi connectivity index (χ4n) is 2.54. The van der Waals surface area contributed by atoms with E-state index in [1.54, 1.807) is 25.1 Å². The standard InChI is InChI=1S/C17H21NO4/c1-3-4-5-6-7-11-14(19)22-18-16(20)13-10-8-9-12(2)15(13)17(18)21/h8-10H,3-7,11H2,1-2H3. The molecule has 118 valence electrons. The second-order valence-corrected chi connectivity index (χ2v) is 5.53. The minimum Gasteiger partial charge on any atom is -0.330 e. The van der Waals surface area contributed by atoms with Gasteiger partial charge in [-0.1, -0.05) is 49.8 Å². The summed E-state index contributed by atoms with van der Waals surface area (Å²) in [6.45, 7) is 3.88. The molecule has 0 saturated heterocycles. The quantitative estimate of drug-likeness (QED) is 0.572. The Morgan fingerprint density at radius 3 is 2.50 bits per heavy atom. The van der Waals surface area contributed by atoms with Crippen LogP contribution < -0.4 is 0 Å². The van der Waals surface area contributed by atoms with E-state index in [9.17, 15) is 14.4 Å². The molecule has 2 amide bonds. The molecular formula is C17H21NO4. The number of amides is 2. The molecule has 0 spiro atoms. The highest BCUT2D eigenvalue weighted by Crippen LogP contribution is 2.26. The van der Waals surface area contributed by atoms with Crippen LogP contribution in [0.4, 0.5) is 0 Å². The Morgan fingerprint density at radius 1 is 1.09 bits per heavy atom. The van der Waals surface area contributed by atoms with Gasteiger partial charge in [-0.25, -0.2) is 4.79 Å². The van der Waals surface area contributed by atoms with E-state index in [2.05, 4.69) is 6.92 Å². The Kier molecular flexibility index (Phi) is 5.31. The van der Waals surface area contributed by atoms with Crippen LogP contribution in [0.25, 0.3) is 0 Å². The number of unbranched alkanes of at least 4 members (excludes halogenated alkanes) is 4. The van der Waals surface area contributed by atoms with E-state index in [-0.39, 0.29) is 6.42 Å². The van der Waals surface area contributed by atoms with Crippen molar-refractivity contribution in [1.29, 1.82) is 0 Å². The molecule has 1 aromatic rings. The van der Waals surface area contributed by atoms with Crippen LogP contribution in [0.1, 0.15) is 71.7 Å². The van der Waals surface area contributed by atoms with Gasteiger partial charge in [0, 0.05) is 6.42 Å². The smallest absolute Gasteiger partial charge is 0.330 e. The van der Waals surface area contributed by atoms with Gasteiger partial charge in [0.1, 0.15) is 0 Å². The molecule has 1 heterocycles. The largest absolute Gasteiger partial charge is 0.333 e. The summed E-state index contributed by atoms with van der Waals surface area (Å²) >= 11 is 0. The number of hydrogen-bond donors (Lipinski definition) is 0. The third kappa shape index (κ3) is 3.35. The fourth-order valence-corrected chi connectivity index (χ4v) is 2.54. The normalized spacial score (nSPS) is 13.5. The van der Waals surface area contributed by atoms with E-state index in [1.165, 1.54) is 0 Å². The summed E-state index contributed by atoms with van der Waals surface area (Å²) < 4.78 is 0. The number of hydrogen-bond acceptors (Lipinski definition) is 4. The van der Waals surface area contributed by atoms with Crippen LogP contribution >= 0.6 is 0 Å². The summed E-state index contributed by atoms with van der Waals surface area (Å²) in [5.74, 6) is -1.66. The van der Waals surface area contributed by atoms with Crippen molar-refractivity contribution in [2.75, 3.05) is 0 Å². The first-order valence-corrected chi connectivity index (χ1v) is 7.75. The minimum atomic E-state index is -0.567. The molecule has 0 atom stereocenters. The molecule has 5 heteroatoms. The molecule has 0 aliphatic carbocycles. The maximum absolute atomic E-state index is 12.2. The maximum Gasteiger partial charge on any atom is 0.333 e. The van der Waals surface area contributed by atoms with Crippen molar-refractivity contribution in [2.45, 2.75) is 52.4 Å². The highest BCUT2D eigenvalue weighted by Gasteiger charge is 2.39. The summed E-state index contributed by atoms with van der Waals surface area (Å²) in [5.41, 5.74) is 1.32. The molecule has 1 aliphatic rings. The van der Waals surface area contributed by atoms with Crippen LogP contribution in [-0.2, 0) is 9.63 Å². The zero-order valence-corrected chi connectivity index (χ0v) is 13.1. The van der Waals surface area contributed by atoms with Crippen molar-refractivity contribution in [3.8, 4) is 0 Å². The lowest BCUT2D eigenvalue weighted by atomic mass is 10.0. The number of benzene rings is 1. The van der Waals surface area contributed by atoms with Gasteiger partial charge in [-0.15, -0.1) is 0 Å². The molecule has 0 saturated carbocycles. The molecule has 0 N–H and O–H groups in total. The Labute approximate surface area is 130 Å².